The van der Waals surface area contributed by atoms with Crippen LogP contribution in [0, 0.1) is 6.92 Å². The van der Waals surface area contributed by atoms with Gasteiger partial charge in [0.25, 0.3) is 0 Å². The lowest BCUT2D eigenvalue weighted by Crippen LogP contribution is -1.94. The molecule has 5 rings (SSSR count). The second kappa shape index (κ2) is 6.03. The molecule has 0 unspecified atom stereocenters. The van der Waals surface area contributed by atoms with Gasteiger partial charge in [-0.25, -0.2) is 0 Å². The van der Waals surface area contributed by atoms with Crippen LogP contribution in [0.5, 0.6) is 0 Å². The van der Waals surface area contributed by atoms with Crippen LogP contribution in [-0.2, 0) is 6.42 Å². The second-order valence-corrected chi connectivity index (χ2v) is 8.62. The highest BCUT2D eigenvalue weighted by atomic mass is 35.5. The fraction of sp³-hybridized carbons (Fsp3) is 0.130. The summed E-state index contributed by atoms with van der Waals surface area (Å²) in [4.78, 5) is 0. The number of hydrogen-bond donors (Lipinski definition) is 0. The van der Waals surface area contributed by atoms with Crippen molar-refractivity contribution in [2.24, 2.45) is 0 Å². The molecule has 0 saturated carbocycles. The molecule has 5 aromatic rings. The Bertz CT molecular complexity index is 1380. The maximum atomic E-state index is 6.81. The zero-order valence-electron chi connectivity index (χ0n) is 14.7. The van der Waals surface area contributed by atoms with E-state index in [1.165, 1.54) is 5.56 Å². The van der Waals surface area contributed by atoms with Gasteiger partial charge in [0, 0.05) is 52.4 Å². The molecular formula is C23H14Cl4. The van der Waals surface area contributed by atoms with Gasteiger partial charge in [0.2, 0.25) is 0 Å². The quantitative estimate of drug-likeness (QED) is 0.183. The number of fused-ring (bicyclic) bond motifs is 2. The Morgan fingerprint density at radius 2 is 1.07 bits per heavy atom. The van der Waals surface area contributed by atoms with Crippen molar-refractivity contribution in [2.75, 3.05) is 0 Å². The highest BCUT2D eigenvalue weighted by Gasteiger charge is 2.22. The molecule has 4 heteroatoms. The lowest BCUT2D eigenvalue weighted by molar-refractivity contribution is 1.16. The maximum absolute atomic E-state index is 6.81. The molecule has 0 aromatic heterocycles. The Hall–Kier alpha value is -1.44. The third-order valence-electron chi connectivity index (χ3n) is 5.58. The molecule has 5 aromatic carbocycles. The summed E-state index contributed by atoms with van der Waals surface area (Å²) in [6.45, 7) is 4.19. The van der Waals surface area contributed by atoms with Gasteiger partial charge in [0.15, 0.2) is 0 Å². The summed E-state index contributed by atoms with van der Waals surface area (Å²) < 4.78 is 0. The molecule has 0 aliphatic rings. The molecule has 0 spiro atoms. The predicted molar refractivity (Wildman–Crippen MR) is 122 cm³/mol. The summed E-state index contributed by atoms with van der Waals surface area (Å²) in [5, 5.41) is 10.8. The lowest BCUT2D eigenvalue weighted by Gasteiger charge is -2.20. The number of halogens is 4. The van der Waals surface area contributed by atoms with Crippen molar-refractivity contribution in [1.29, 1.82) is 0 Å². The normalized spacial score (nSPS) is 12.2. The van der Waals surface area contributed by atoms with Crippen LogP contribution in [0.15, 0.2) is 36.4 Å². The maximum Gasteiger partial charge on any atom is 0.0494 e. The first-order valence-electron chi connectivity index (χ1n) is 8.79. The predicted octanol–water partition coefficient (Wildman–Crippen LogP) is 9.22. The third-order valence-corrected chi connectivity index (χ3v) is 6.81. The zero-order chi connectivity index (χ0) is 19.0. The number of benzene rings is 5. The molecule has 0 saturated heterocycles. The van der Waals surface area contributed by atoms with Gasteiger partial charge in [-0.15, -0.1) is 0 Å². The molecule has 0 nitrogen and oxygen atoms in total. The number of hydrogen-bond acceptors (Lipinski definition) is 0. The minimum atomic E-state index is 0.670. The average molecular weight is 432 g/mol. The van der Waals surface area contributed by atoms with Gasteiger partial charge in [-0.2, -0.15) is 0 Å². The second-order valence-electron chi connectivity index (χ2n) is 6.99. The number of rotatable bonds is 1. The summed E-state index contributed by atoms with van der Waals surface area (Å²) in [7, 11) is 0. The van der Waals surface area contributed by atoms with E-state index in [9.17, 15) is 0 Å². The summed E-state index contributed by atoms with van der Waals surface area (Å²) in [6, 6.07) is 12.1. The Morgan fingerprint density at radius 1 is 0.593 bits per heavy atom. The Morgan fingerprint density at radius 3 is 1.67 bits per heavy atom. The van der Waals surface area contributed by atoms with E-state index in [2.05, 4.69) is 26.0 Å². The molecular weight excluding hydrogens is 418 g/mol. The fourth-order valence-electron chi connectivity index (χ4n) is 4.42. The van der Waals surface area contributed by atoms with Crippen molar-refractivity contribution < 1.29 is 0 Å². The monoisotopic (exact) mass is 430 g/mol. The molecule has 0 radical (unpaired) electrons. The first kappa shape index (κ1) is 17.6. The van der Waals surface area contributed by atoms with Gasteiger partial charge in [0.05, 0.1) is 0 Å². The van der Waals surface area contributed by atoms with E-state index in [0.29, 0.717) is 20.1 Å². The summed E-state index contributed by atoms with van der Waals surface area (Å²) in [5.41, 5.74) is 2.29. The molecule has 134 valence electrons. The Balaban J connectivity index is 2.32. The van der Waals surface area contributed by atoms with Crippen LogP contribution in [-0.4, -0.2) is 0 Å². The summed E-state index contributed by atoms with van der Waals surface area (Å²) in [5.74, 6) is 0. The van der Waals surface area contributed by atoms with E-state index in [1.807, 2.05) is 24.3 Å². The van der Waals surface area contributed by atoms with Gasteiger partial charge < -0.3 is 0 Å². The molecule has 0 aliphatic heterocycles. The van der Waals surface area contributed by atoms with Gasteiger partial charge in [-0.1, -0.05) is 65.5 Å². The molecule has 27 heavy (non-hydrogen) atoms. The Kier molecular flexibility index (Phi) is 3.94. The average Bonchev–Trinajstić information content (AvgIpc) is 2.64. The van der Waals surface area contributed by atoms with Gasteiger partial charge in [0.1, 0.15) is 0 Å². The summed E-state index contributed by atoms with van der Waals surface area (Å²) >= 11 is 27.0. The number of aryl methyl sites for hydroxylation is 2. The van der Waals surface area contributed by atoms with Crippen LogP contribution >= 0.6 is 46.4 Å². The molecule has 0 heterocycles. The van der Waals surface area contributed by atoms with Crippen molar-refractivity contribution in [1.82, 2.24) is 0 Å². The largest absolute Gasteiger partial charge is 0.0836 e. The minimum Gasteiger partial charge on any atom is -0.0836 e. The Labute approximate surface area is 176 Å². The highest BCUT2D eigenvalue weighted by molar-refractivity contribution is 6.53. The van der Waals surface area contributed by atoms with Gasteiger partial charge in [-0.3, -0.25) is 0 Å². The summed E-state index contributed by atoms with van der Waals surface area (Å²) in [6.07, 6.45) is 0.879. The third kappa shape index (κ3) is 2.25. The highest BCUT2D eigenvalue weighted by Crippen LogP contribution is 2.50. The van der Waals surface area contributed by atoms with Crippen LogP contribution in [0.2, 0.25) is 20.1 Å². The molecule has 0 N–H and O–H groups in total. The standard InChI is InChI=1S/C23H14Cl4/c1-3-11-9-17(27)23-19-13(11)5-7-15(25)21(19)20-14(24)6-4-12-10(2)8-16(26)22(23)18(12)20/h4-9H,3H2,1-2H3. The van der Waals surface area contributed by atoms with Crippen LogP contribution in [0.3, 0.4) is 0 Å². The van der Waals surface area contributed by atoms with E-state index >= 15 is 0 Å². The molecule has 0 aliphatic carbocycles. The van der Waals surface area contributed by atoms with Crippen molar-refractivity contribution >= 4 is 89.5 Å². The van der Waals surface area contributed by atoms with Gasteiger partial charge >= 0.3 is 0 Å². The minimum absolute atomic E-state index is 0.670. The molecule has 0 fully saturated rings. The van der Waals surface area contributed by atoms with E-state index in [4.69, 9.17) is 46.4 Å². The van der Waals surface area contributed by atoms with Crippen molar-refractivity contribution in [3.05, 3.63) is 67.6 Å². The van der Waals surface area contributed by atoms with E-state index < -0.39 is 0 Å². The zero-order valence-corrected chi connectivity index (χ0v) is 17.7. The van der Waals surface area contributed by atoms with Crippen molar-refractivity contribution in [3.63, 3.8) is 0 Å². The van der Waals surface area contributed by atoms with Crippen LogP contribution in [0.1, 0.15) is 18.1 Å². The lowest BCUT2D eigenvalue weighted by atomic mass is 9.87. The SMILES string of the molecule is CCc1cc(Cl)c2c3c(Cl)cc(C)c4ccc(Cl)c(c5c(Cl)ccc1c52)c43. The van der Waals surface area contributed by atoms with Crippen LogP contribution < -0.4 is 0 Å². The van der Waals surface area contributed by atoms with E-state index in [-0.39, 0.29) is 0 Å². The fourth-order valence-corrected chi connectivity index (χ4v) is 5.60. The van der Waals surface area contributed by atoms with Crippen LogP contribution in [0.25, 0.3) is 43.1 Å². The molecule has 0 amide bonds. The van der Waals surface area contributed by atoms with E-state index in [0.717, 1.165) is 55.1 Å². The first-order chi connectivity index (χ1) is 12.9. The van der Waals surface area contributed by atoms with Crippen molar-refractivity contribution in [3.8, 4) is 0 Å². The van der Waals surface area contributed by atoms with Crippen molar-refractivity contribution in [2.45, 2.75) is 20.3 Å². The van der Waals surface area contributed by atoms with Crippen LogP contribution in [0.4, 0.5) is 0 Å². The molecule has 0 bridgehead atoms. The smallest absolute Gasteiger partial charge is 0.0494 e. The van der Waals surface area contributed by atoms with E-state index in [1.54, 1.807) is 0 Å². The molecule has 0 atom stereocenters. The topological polar surface area (TPSA) is 0 Å². The van der Waals surface area contributed by atoms with Gasteiger partial charge in [-0.05, 0) is 59.5 Å². The first-order valence-corrected chi connectivity index (χ1v) is 10.3.